The van der Waals surface area contributed by atoms with E-state index in [-0.39, 0.29) is 5.75 Å². The number of aromatic hydroxyl groups is 1. The summed E-state index contributed by atoms with van der Waals surface area (Å²) in [5.41, 5.74) is -0.0134. The Kier molecular flexibility index (Phi) is 4.57. The Morgan fingerprint density at radius 1 is 1.52 bits per heavy atom. The van der Waals surface area contributed by atoms with Crippen molar-refractivity contribution in [2.24, 2.45) is 0 Å². The van der Waals surface area contributed by atoms with Gasteiger partial charge in [-0.15, -0.1) is 0 Å². The highest BCUT2D eigenvalue weighted by atomic mass is 16.6. The molecule has 1 aromatic carbocycles. The van der Waals surface area contributed by atoms with Crippen LogP contribution in [0, 0.1) is 21.4 Å². The van der Waals surface area contributed by atoms with Gasteiger partial charge in [-0.2, -0.15) is 5.26 Å². The van der Waals surface area contributed by atoms with Crippen LogP contribution in [0.1, 0.15) is 11.6 Å². The third-order valence-corrected chi connectivity index (χ3v) is 3.45. The smallest absolute Gasteiger partial charge is 0.315 e. The fourth-order valence-electron chi connectivity index (χ4n) is 2.37. The zero-order valence-corrected chi connectivity index (χ0v) is 11.6. The van der Waals surface area contributed by atoms with E-state index >= 15 is 0 Å². The van der Waals surface area contributed by atoms with Gasteiger partial charge in [-0.1, -0.05) is 0 Å². The van der Waals surface area contributed by atoms with E-state index in [1.807, 2.05) is 4.90 Å². The molecule has 2 N–H and O–H groups in total. The fourth-order valence-corrected chi connectivity index (χ4v) is 2.37. The van der Waals surface area contributed by atoms with Crippen LogP contribution in [-0.4, -0.2) is 48.2 Å². The second kappa shape index (κ2) is 6.39. The van der Waals surface area contributed by atoms with Crippen LogP contribution in [0.5, 0.6) is 11.5 Å². The van der Waals surface area contributed by atoms with E-state index in [1.165, 1.54) is 19.2 Å². The van der Waals surface area contributed by atoms with Gasteiger partial charge in [-0.25, -0.2) is 0 Å². The van der Waals surface area contributed by atoms with Crippen LogP contribution in [0.4, 0.5) is 5.69 Å². The highest BCUT2D eigenvalue weighted by Gasteiger charge is 2.27. The largest absolute Gasteiger partial charge is 0.500 e. The third-order valence-electron chi connectivity index (χ3n) is 3.45. The third kappa shape index (κ3) is 3.04. The Labute approximate surface area is 121 Å². The number of phenols is 1. The van der Waals surface area contributed by atoms with E-state index in [9.17, 15) is 20.5 Å². The number of hydrogen-bond acceptors (Lipinski definition) is 7. The summed E-state index contributed by atoms with van der Waals surface area (Å²) in [6.07, 6.45) is 0. The molecule has 0 bridgehead atoms. The van der Waals surface area contributed by atoms with E-state index in [0.717, 1.165) is 13.1 Å². The number of methoxy groups -OCH3 is 1. The van der Waals surface area contributed by atoms with Crippen LogP contribution in [0.2, 0.25) is 0 Å². The number of benzene rings is 1. The molecule has 0 saturated carbocycles. The number of nitrogens with zero attached hydrogens (tertiary/aromatic N) is 3. The Bertz CT molecular complexity index is 578. The molecule has 1 aromatic rings. The predicted octanol–water partition coefficient (Wildman–Crippen LogP) is 0.779. The quantitative estimate of drug-likeness (QED) is 0.623. The molecule has 0 aliphatic carbocycles. The van der Waals surface area contributed by atoms with Crippen LogP contribution in [0.15, 0.2) is 12.1 Å². The molecule has 0 spiro atoms. The Morgan fingerprint density at radius 3 is 2.71 bits per heavy atom. The molecule has 8 heteroatoms. The molecule has 112 valence electrons. The summed E-state index contributed by atoms with van der Waals surface area (Å²) in [5.74, 6) is -0.530. The lowest BCUT2D eigenvalue weighted by Crippen LogP contribution is -2.44. The lowest BCUT2D eigenvalue weighted by Gasteiger charge is -2.31. The van der Waals surface area contributed by atoms with Gasteiger partial charge in [-0.05, 0) is 11.6 Å². The summed E-state index contributed by atoms with van der Waals surface area (Å²) in [6, 6.07) is 4.25. The van der Waals surface area contributed by atoms with Gasteiger partial charge in [0.05, 0.1) is 18.1 Å². The number of nitro benzene ring substituents is 1. The van der Waals surface area contributed by atoms with Gasteiger partial charge < -0.3 is 15.2 Å². The standard InChI is InChI=1S/C13H16N4O4/c1-21-12-7-9(6-10(13(12)18)17(19)20)11(8-14)16-4-2-15-3-5-16/h6-7,11,15,18H,2-5H2,1H3. The van der Waals surface area contributed by atoms with E-state index in [2.05, 4.69) is 11.4 Å². The first kappa shape index (κ1) is 15.0. The minimum atomic E-state index is -0.687. The highest BCUT2D eigenvalue weighted by Crippen LogP contribution is 2.39. The average molecular weight is 292 g/mol. The van der Waals surface area contributed by atoms with Gasteiger partial charge in [0.2, 0.25) is 5.75 Å². The first-order valence-corrected chi connectivity index (χ1v) is 6.48. The summed E-state index contributed by atoms with van der Waals surface area (Å²) in [4.78, 5) is 12.3. The zero-order valence-electron chi connectivity index (χ0n) is 11.6. The lowest BCUT2D eigenvalue weighted by atomic mass is 10.0. The van der Waals surface area contributed by atoms with Crippen molar-refractivity contribution in [3.8, 4) is 17.6 Å². The van der Waals surface area contributed by atoms with Crippen LogP contribution in [0.25, 0.3) is 0 Å². The Hall–Kier alpha value is -2.37. The summed E-state index contributed by atoms with van der Waals surface area (Å²) in [5, 5.41) is 33.4. The molecule has 1 atom stereocenters. The van der Waals surface area contributed by atoms with E-state index in [1.54, 1.807) is 0 Å². The van der Waals surface area contributed by atoms with Crippen molar-refractivity contribution in [1.29, 1.82) is 5.26 Å². The maximum atomic E-state index is 11.0. The van der Waals surface area contributed by atoms with Crippen molar-refractivity contribution >= 4 is 5.69 Å². The van der Waals surface area contributed by atoms with Crippen LogP contribution >= 0.6 is 0 Å². The number of piperazine rings is 1. The molecule has 1 unspecified atom stereocenters. The van der Waals surface area contributed by atoms with Crippen LogP contribution in [-0.2, 0) is 0 Å². The number of phenolic OH excluding ortho intramolecular Hbond substituents is 1. The number of nitro groups is 1. The highest BCUT2D eigenvalue weighted by molar-refractivity contribution is 5.58. The number of rotatable bonds is 4. The van der Waals surface area contributed by atoms with Gasteiger partial charge in [0.15, 0.2) is 5.75 Å². The predicted molar refractivity (Wildman–Crippen MR) is 74.1 cm³/mol. The second-order valence-corrected chi connectivity index (χ2v) is 4.67. The van der Waals surface area contributed by atoms with E-state index in [4.69, 9.17) is 4.74 Å². The number of hydrogen-bond donors (Lipinski definition) is 2. The maximum absolute atomic E-state index is 11.0. The summed E-state index contributed by atoms with van der Waals surface area (Å²) >= 11 is 0. The van der Waals surface area contributed by atoms with Gasteiger partial charge in [0.25, 0.3) is 0 Å². The van der Waals surface area contributed by atoms with Crippen LogP contribution in [0.3, 0.4) is 0 Å². The van der Waals surface area contributed by atoms with Gasteiger partial charge in [-0.3, -0.25) is 15.0 Å². The number of nitrogens with one attached hydrogen (secondary N) is 1. The van der Waals surface area contributed by atoms with Crippen molar-refractivity contribution in [1.82, 2.24) is 10.2 Å². The summed E-state index contributed by atoms with van der Waals surface area (Å²) < 4.78 is 4.96. The van der Waals surface area contributed by atoms with Gasteiger partial charge >= 0.3 is 5.69 Å². The minimum Gasteiger partial charge on any atom is -0.500 e. The topological polar surface area (TPSA) is 112 Å². The molecule has 1 aliphatic rings. The Morgan fingerprint density at radius 2 is 2.19 bits per heavy atom. The average Bonchev–Trinajstić information content (AvgIpc) is 2.50. The molecular weight excluding hydrogens is 276 g/mol. The van der Waals surface area contributed by atoms with Crippen molar-refractivity contribution in [3.63, 3.8) is 0 Å². The molecule has 1 fully saturated rings. The number of nitriles is 1. The summed E-state index contributed by atoms with van der Waals surface area (Å²) in [7, 11) is 1.31. The van der Waals surface area contributed by atoms with Crippen molar-refractivity contribution in [2.75, 3.05) is 33.3 Å². The lowest BCUT2D eigenvalue weighted by molar-refractivity contribution is -0.386. The minimum absolute atomic E-state index is 0.00501. The maximum Gasteiger partial charge on any atom is 0.315 e. The molecule has 1 heterocycles. The zero-order chi connectivity index (χ0) is 15.4. The molecule has 0 amide bonds. The molecule has 1 aliphatic heterocycles. The molecule has 0 aromatic heterocycles. The van der Waals surface area contributed by atoms with Gasteiger partial charge in [0, 0.05) is 32.2 Å². The molecule has 8 nitrogen and oxygen atoms in total. The molecule has 1 saturated heterocycles. The monoisotopic (exact) mass is 292 g/mol. The molecule has 21 heavy (non-hydrogen) atoms. The van der Waals surface area contributed by atoms with E-state index in [0.29, 0.717) is 18.7 Å². The van der Waals surface area contributed by atoms with Crippen LogP contribution < -0.4 is 10.1 Å². The molecular formula is C13H16N4O4. The first-order valence-electron chi connectivity index (χ1n) is 6.48. The van der Waals surface area contributed by atoms with Crippen molar-refractivity contribution < 1.29 is 14.8 Å². The second-order valence-electron chi connectivity index (χ2n) is 4.67. The first-order chi connectivity index (χ1) is 10.1. The van der Waals surface area contributed by atoms with Crippen molar-refractivity contribution in [2.45, 2.75) is 6.04 Å². The fraction of sp³-hybridized carbons (Fsp3) is 0.462. The summed E-state index contributed by atoms with van der Waals surface area (Å²) in [6.45, 7) is 2.87. The Balaban J connectivity index is 2.43. The normalized spacial score (nSPS) is 17.0. The molecule has 2 rings (SSSR count). The van der Waals surface area contributed by atoms with Gasteiger partial charge in [0.1, 0.15) is 6.04 Å². The van der Waals surface area contributed by atoms with E-state index < -0.39 is 22.4 Å². The SMILES string of the molecule is COc1cc(C(C#N)N2CCNCC2)cc([N+](=O)[O-])c1O. The molecule has 0 radical (unpaired) electrons. The van der Waals surface area contributed by atoms with Crippen molar-refractivity contribution in [3.05, 3.63) is 27.8 Å². The number of ether oxygens (including phenoxy) is 1.